The van der Waals surface area contributed by atoms with Crippen molar-refractivity contribution in [3.63, 3.8) is 0 Å². The fourth-order valence-electron chi connectivity index (χ4n) is 1.71. The molecule has 0 fully saturated rings. The molecule has 0 radical (unpaired) electrons. The first-order valence-electron chi connectivity index (χ1n) is 5.40. The van der Waals surface area contributed by atoms with Gasteiger partial charge in [0, 0.05) is 11.3 Å². The molecule has 0 saturated heterocycles. The molecule has 1 N–H and O–H groups in total. The van der Waals surface area contributed by atoms with E-state index in [9.17, 15) is 0 Å². The molecule has 3 heteroatoms. The van der Waals surface area contributed by atoms with Crippen LogP contribution in [0.25, 0.3) is 11.3 Å². The van der Waals surface area contributed by atoms with Gasteiger partial charge in [0.05, 0.1) is 5.69 Å². The van der Waals surface area contributed by atoms with Gasteiger partial charge in [-0.1, -0.05) is 43.7 Å². The highest BCUT2D eigenvalue weighted by molar-refractivity contribution is 6.28. The van der Waals surface area contributed by atoms with Crippen molar-refractivity contribution >= 4 is 11.6 Å². The topological polar surface area (TPSA) is 28.7 Å². The Hall–Kier alpha value is -1.28. The molecule has 0 bridgehead atoms. The molecular weight excluding hydrogens is 220 g/mol. The number of aromatic amines is 1. The Labute approximate surface area is 101 Å². The minimum atomic E-state index is 0.385. The zero-order valence-corrected chi connectivity index (χ0v) is 10.5. The molecule has 2 nitrogen and oxygen atoms in total. The summed E-state index contributed by atoms with van der Waals surface area (Å²) in [6.45, 7) is 6.33. The number of H-pyrrole nitrogens is 1. The fraction of sp³-hybridized carbons (Fsp3) is 0.308. The molecule has 84 valence electrons. The number of rotatable bonds is 2. The molecule has 0 aliphatic heterocycles. The van der Waals surface area contributed by atoms with Crippen LogP contribution in [-0.4, -0.2) is 9.97 Å². The second-order valence-corrected chi connectivity index (χ2v) is 4.67. The van der Waals surface area contributed by atoms with E-state index in [1.165, 1.54) is 5.56 Å². The lowest BCUT2D eigenvalue weighted by atomic mass is 10.0. The first kappa shape index (κ1) is 11.2. The van der Waals surface area contributed by atoms with E-state index < -0.39 is 0 Å². The summed E-state index contributed by atoms with van der Waals surface area (Å²) in [6.07, 6.45) is 0. The molecule has 0 aliphatic carbocycles. The van der Waals surface area contributed by atoms with Gasteiger partial charge in [0.2, 0.25) is 5.28 Å². The first-order valence-corrected chi connectivity index (χ1v) is 5.78. The number of nitrogens with one attached hydrogen (secondary N) is 1. The van der Waals surface area contributed by atoms with Crippen molar-refractivity contribution in [1.29, 1.82) is 0 Å². The van der Waals surface area contributed by atoms with E-state index in [0.29, 0.717) is 11.2 Å². The van der Waals surface area contributed by atoms with Gasteiger partial charge in [0.15, 0.2) is 0 Å². The minimum absolute atomic E-state index is 0.385. The summed E-state index contributed by atoms with van der Waals surface area (Å²) in [7, 11) is 0. The van der Waals surface area contributed by atoms with Gasteiger partial charge in [-0.05, 0) is 24.4 Å². The van der Waals surface area contributed by atoms with Crippen LogP contribution in [0.3, 0.4) is 0 Å². The monoisotopic (exact) mass is 234 g/mol. The summed E-state index contributed by atoms with van der Waals surface area (Å²) in [5.41, 5.74) is 4.41. The maximum absolute atomic E-state index is 5.92. The Kier molecular flexibility index (Phi) is 3.01. The van der Waals surface area contributed by atoms with Crippen LogP contribution in [0.5, 0.6) is 0 Å². The molecule has 0 amide bonds. The van der Waals surface area contributed by atoms with E-state index in [2.05, 4.69) is 55.0 Å². The van der Waals surface area contributed by atoms with E-state index in [0.717, 1.165) is 17.0 Å². The van der Waals surface area contributed by atoms with Gasteiger partial charge in [-0.15, -0.1) is 0 Å². The number of benzene rings is 1. The maximum Gasteiger partial charge on any atom is 0.200 e. The van der Waals surface area contributed by atoms with Gasteiger partial charge in [0.25, 0.3) is 0 Å². The third-order valence-corrected chi connectivity index (χ3v) is 2.78. The molecule has 2 rings (SSSR count). The molecule has 0 unspecified atom stereocenters. The summed E-state index contributed by atoms with van der Waals surface area (Å²) in [4.78, 5) is 7.45. The highest BCUT2D eigenvalue weighted by Crippen LogP contribution is 2.28. The zero-order valence-electron chi connectivity index (χ0n) is 9.71. The Balaban J connectivity index is 2.50. The van der Waals surface area contributed by atoms with E-state index in [1.54, 1.807) is 0 Å². The van der Waals surface area contributed by atoms with Gasteiger partial charge in [0.1, 0.15) is 0 Å². The smallest absolute Gasteiger partial charge is 0.200 e. The van der Waals surface area contributed by atoms with Crippen LogP contribution in [0.4, 0.5) is 0 Å². The Bertz CT molecular complexity index is 483. The molecule has 0 spiro atoms. The second-order valence-electron chi connectivity index (χ2n) is 4.31. The van der Waals surface area contributed by atoms with Crippen molar-refractivity contribution in [1.82, 2.24) is 9.97 Å². The quantitative estimate of drug-likeness (QED) is 0.831. The summed E-state index contributed by atoms with van der Waals surface area (Å²) < 4.78 is 0. The molecule has 16 heavy (non-hydrogen) atoms. The van der Waals surface area contributed by atoms with E-state index in [1.807, 2.05) is 0 Å². The maximum atomic E-state index is 5.92. The first-order chi connectivity index (χ1) is 7.58. The summed E-state index contributed by atoms with van der Waals surface area (Å²) in [5, 5.41) is 0.458. The number of nitrogens with zero attached hydrogens (tertiary/aromatic N) is 1. The van der Waals surface area contributed by atoms with Crippen LogP contribution in [0.15, 0.2) is 24.3 Å². The molecule has 0 aliphatic rings. The average Bonchev–Trinajstić information content (AvgIpc) is 2.61. The van der Waals surface area contributed by atoms with Gasteiger partial charge < -0.3 is 4.98 Å². The van der Waals surface area contributed by atoms with Gasteiger partial charge >= 0.3 is 0 Å². The van der Waals surface area contributed by atoms with Crippen LogP contribution in [0.1, 0.15) is 31.0 Å². The van der Waals surface area contributed by atoms with Crippen LogP contribution >= 0.6 is 11.6 Å². The third kappa shape index (κ3) is 2.12. The number of hydrogen-bond acceptors (Lipinski definition) is 1. The van der Waals surface area contributed by atoms with Crippen molar-refractivity contribution in [2.45, 2.75) is 26.7 Å². The average molecular weight is 235 g/mol. The lowest BCUT2D eigenvalue weighted by Crippen LogP contribution is -1.91. The predicted molar refractivity (Wildman–Crippen MR) is 67.9 cm³/mol. The third-order valence-electron chi connectivity index (χ3n) is 2.61. The van der Waals surface area contributed by atoms with E-state index in [4.69, 9.17) is 11.6 Å². The van der Waals surface area contributed by atoms with Crippen molar-refractivity contribution in [3.05, 3.63) is 40.8 Å². The molecule has 1 aromatic carbocycles. The largest absolute Gasteiger partial charge is 0.332 e. The molecule has 2 aromatic rings. The normalized spacial score (nSPS) is 11.1. The van der Waals surface area contributed by atoms with Crippen LogP contribution in [-0.2, 0) is 0 Å². The molecule has 1 heterocycles. The van der Waals surface area contributed by atoms with Crippen molar-refractivity contribution < 1.29 is 0 Å². The summed E-state index contributed by atoms with van der Waals surface area (Å²) in [5.74, 6) is 0.385. The Morgan fingerprint density at radius 3 is 2.38 bits per heavy atom. The van der Waals surface area contributed by atoms with Crippen LogP contribution in [0, 0.1) is 6.92 Å². The Morgan fingerprint density at radius 2 is 1.81 bits per heavy atom. The highest BCUT2D eigenvalue weighted by atomic mass is 35.5. The number of hydrogen-bond donors (Lipinski definition) is 1. The minimum Gasteiger partial charge on any atom is -0.332 e. The van der Waals surface area contributed by atoms with Crippen molar-refractivity contribution in [3.8, 4) is 11.3 Å². The SMILES string of the molecule is Cc1ccc(-c2nc(Cl)[nH]c2C(C)C)cc1. The summed E-state index contributed by atoms with van der Waals surface area (Å²) in [6, 6.07) is 8.32. The molecule has 0 atom stereocenters. The molecular formula is C13H15ClN2. The lowest BCUT2D eigenvalue weighted by Gasteiger charge is -2.05. The van der Waals surface area contributed by atoms with Gasteiger partial charge in [-0.3, -0.25) is 0 Å². The standard InChI is InChI=1S/C13H15ClN2/c1-8(2)11-12(16-13(14)15-11)10-6-4-9(3)5-7-10/h4-8H,1-3H3,(H,15,16). The highest BCUT2D eigenvalue weighted by Gasteiger charge is 2.13. The number of halogens is 1. The van der Waals surface area contributed by atoms with Gasteiger partial charge in [-0.25, -0.2) is 4.98 Å². The fourth-order valence-corrected chi connectivity index (χ4v) is 1.89. The number of imidazole rings is 1. The number of aryl methyl sites for hydroxylation is 1. The zero-order chi connectivity index (χ0) is 11.7. The van der Waals surface area contributed by atoms with E-state index in [-0.39, 0.29) is 0 Å². The second kappa shape index (κ2) is 4.30. The van der Waals surface area contributed by atoms with Gasteiger partial charge in [-0.2, -0.15) is 0 Å². The van der Waals surface area contributed by atoms with Crippen molar-refractivity contribution in [2.24, 2.45) is 0 Å². The number of aromatic nitrogens is 2. The summed E-state index contributed by atoms with van der Waals surface area (Å²) >= 11 is 5.92. The van der Waals surface area contributed by atoms with E-state index >= 15 is 0 Å². The lowest BCUT2D eigenvalue weighted by molar-refractivity contribution is 0.835. The van der Waals surface area contributed by atoms with Crippen LogP contribution in [0.2, 0.25) is 5.28 Å². The molecule has 0 saturated carbocycles. The predicted octanol–water partition coefficient (Wildman–Crippen LogP) is 4.16. The Morgan fingerprint density at radius 1 is 1.19 bits per heavy atom. The van der Waals surface area contributed by atoms with Crippen LogP contribution < -0.4 is 0 Å². The molecule has 1 aromatic heterocycles. The van der Waals surface area contributed by atoms with Crippen molar-refractivity contribution in [2.75, 3.05) is 0 Å².